The number of hydrogen-bond acceptors (Lipinski definition) is 7. The second kappa shape index (κ2) is 8.68. The number of amides is 2. The summed E-state index contributed by atoms with van der Waals surface area (Å²) in [4.78, 5) is 35.6. The number of hydrogen-bond donors (Lipinski definition) is 4. The number of rotatable bonds is 6. The van der Waals surface area contributed by atoms with Gasteiger partial charge in [0.2, 0.25) is 11.8 Å². The van der Waals surface area contributed by atoms with Crippen LogP contribution in [0, 0.1) is 0 Å². The predicted octanol–water partition coefficient (Wildman–Crippen LogP) is 1.13. The minimum atomic E-state index is -1.03. The number of primary amides is 1. The quantitative estimate of drug-likeness (QED) is 0.524. The van der Waals surface area contributed by atoms with Crippen LogP contribution in [0.25, 0.3) is 0 Å². The van der Waals surface area contributed by atoms with Crippen LogP contribution in [0.4, 0.5) is 11.6 Å². The third kappa shape index (κ3) is 4.57. The first kappa shape index (κ1) is 21.3. The van der Waals surface area contributed by atoms with Crippen molar-refractivity contribution in [3.63, 3.8) is 0 Å². The van der Waals surface area contributed by atoms with Gasteiger partial charge in [-0.1, -0.05) is 23.7 Å². The van der Waals surface area contributed by atoms with Crippen LogP contribution in [-0.2, 0) is 16.0 Å². The first-order chi connectivity index (χ1) is 14.9. The Hall–Kier alpha value is -2.91. The van der Waals surface area contributed by atoms with Crippen LogP contribution in [0.3, 0.4) is 0 Å². The van der Waals surface area contributed by atoms with E-state index in [0.29, 0.717) is 31.0 Å². The molecule has 31 heavy (non-hydrogen) atoms. The van der Waals surface area contributed by atoms with E-state index < -0.39 is 17.5 Å². The van der Waals surface area contributed by atoms with Crippen molar-refractivity contribution in [2.24, 2.45) is 11.5 Å². The van der Waals surface area contributed by atoms with E-state index in [4.69, 9.17) is 23.1 Å². The summed E-state index contributed by atoms with van der Waals surface area (Å²) in [6, 6.07) is 6.40. The number of nitrogens with two attached hydrogens (primary N) is 2. The molecule has 6 N–H and O–H groups in total. The fourth-order valence-corrected chi connectivity index (χ4v) is 4.29. The molecule has 0 radical (unpaired) electrons. The summed E-state index contributed by atoms with van der Waals surface area (Å²) in [6.45, 7) is 2.06. The van der Waals surface area contributed by atoms with Gasteiger partial charge in [0.15, 0.2) is 0 Å². The zero-order chi connectivity index (χ0) is 22.0. The smallest absolute Gasteiger partial charge is 0.240 e. The molecular weight excluding hydrogens is 418 g/mol. The fraction of sp³-hybridized carbons (Fsp3) is 0.429. The maximum absolute atomic E-state index is 13.1. The topological polar surface area (TPSA) is 139 Å². The van der Waals surface area contributed by atoms with E-state index in [-0.39, 0.29) is 12.3 Å². The fourth-order valence-electron chi connectivity index (χ4n) is 4.16. The molecule has 1 aromatic heterocycles. The van der Waals surface area contributed by atoms with Crippen molar-refractivity contribution >= 4 is 35.1 Å². The van der Waals surface area contributed by atoms with Crippen LogP contribution in [0.5, 0.6) is 0 Å². The number of fused-ring (bicyclic) bond motifs is 1. The average molecular weight is 444 g/mol. The highest BCUT2D eigenvalue weighted by atomic mass is 35.5. The summed E-state index contributed by atoms with van der Waals surface area (Å²) in [5.41, 5.74) is 12.7. The zero-order valence-corrected chi connectivity index (χ0v) is 17.9. The molecule has 1 atom stereocenters. The summed E-state index contributed by atoms with van der Waals surface area (Å²) in [5.74, 6) is 0.991. The van der Waals surface area contributed by atoms with Gasteiger partial charge in [-0.05, 0) is 37.0 Å². The molecule has 1 aromatic carbocycles. The molecule has 0 bridgehead atoms. The third-order valence-corrected chi connectivity index (χ3v) is 6.23. The number of nitrogens with zero attached hydrogens (tertiary/aromatic N) is 3. The Morgan fingerprint density at radius 1 is 1.23 bits per heavy atom. The van der Waals surface area contributed by atoms with Gasteiger partial charge in [-0.3, -0.25) is 9.59 Å². The summed E-state index contributed by atoms with van der Waals surface area (Å²) in [7, 11) is 0. The second-order valence-corrected chi connectivity index (χ2v) is 8.53. The number of benzene rings is 1. The third-order valence-electron chi connectivity index (χ3n) is 5.98. The van der Waals surface area contributed by atoms with Crippen LogP contribution in [0.15, 0.2) is 30.6 Å². The molecule has 0 aliphatic carbocycles. The van der Waals surface area contributed by atoms with Gasteiger partial charge in [0.05, 0.1) is 18.0 Å². The van der Waals surface area contributed by atoms with Gasteiger partial charge in [-0.25, -0.2) is 9.97 Å². The first-order valence-electron chi connectivity index (χ1n) is 10.3. The normalized spacial score (nSPS) is 18.1. The molecule has 2 aliphatic rings. The van der Waals surface area contributed by atoms with E-state index in [2.05, 4.69) is 25.5 Å². The number of piperidine rings is 1. The highest BCUT2D eigenvalue weighted by Crippen LogP contribution is 2.31. The summed E-state index contributed by atoms with van der Waals surface area (Å²) >= 11 is 5.95. The largest absolute Gasteiger partial charge is 0.370 e. The lowest BCUT2D eigenvalue weighted by Crippen LogP contribution is -2.60. The molecule has 2 amide bonds. The minimum Gasteiger partial charge on any atom is -0.370 e. The lowest BCUT2D eigenvalue weighted by atomic mass is 9.86. The monoisotopic (exact) mass is 443 g/mol. The second-order valence-electron chi connectivity index (χ2n) is 8.09. The van der Waals surface area contributed by atoms with Gasteiger partial charge in [0.25, 0.3) is 0 Å². The molecule has 164 valence electrons. The average Bonchev–Trinajstić information content (AvgIpc) is 3.23. The van der Waals surface area contributed by atoms with Crippen LogP contribution < -0.4 is 27.0 Å². The zero-order valence-electron chi connectivity index (χ0n) is 17.1. The van der Waals surface area contributed by atoms with E-state index in [1.807, 2.05) is 0 Å². The highest BCUT2D eigenvalue weighted by Gasteiger charge is 2.39. The van der Waals surface area contributed by atoms with E-state index in [1.54, 1.807) is 30.6 Å². The Balaban J connectivity index is 1.44. The maximum atomic E-state index is 13.1. The van der Waals surface area contributed by atoms with Gasteiger partial charge in [-0.15, -0.1) is 0 Å². The van der Waals surface area contributed by atoms with Gasteiger partial charge >= 0.3 is 0 Å². The number of carbonyl (C=O) groups is 2. The lowest BCUT2D eigenvalue weighted by molar-refractivity contribution is -0.128. The van der Waals surface area contributed by atoms with E-state index in [0.717, 1.165) is 35.7 Å². The Kier molecular flexibility index (Phi) is 5.97. The number of halogens is 1. The van der Waals surface area contributed by atoms with Crippen molar-refractivity contribution in [2.45, 2.75) is 37.3 Å². The lowest BCUT2D eigenvalue weighted by Gasteiger charge is -2.39. The minimum absolute atomic E-state index is 0.0182. The Bertz CT molecular complexity index is 974. The molecule has 0 spiro atoms. The molecule has 1 fully saturated rings. The molecule has 2 aliphatic heterocycles. The van der Waals surface area contributed by atoms with Gasteiger partial charge < -0.3 is 27.0 Å². The maximum Gasteiger partial charge on any atom is 0.240 e. The molecule has 9 nitrogen and oxygen atoms in total. The molecule has 0 saturated carbocycles. The summed E-state index contributed by atoms with van der Waals surface area (Å²) < 4.78 is 0. The molecular formula is C21H26ClN7O2. The van der Waals surface area contributed by atoms with Crippen LogP contribution in [0.1, 0.15) is 36.4 Å². The Morgan fingerprint density at radius 2 is 1.94 bits per heavy atom. The van der Waals surface area contributed by atoms with Crippen LogP contribution >= 0.6 is 11.6 Å². The van der Waals surface area contributed by atoms with Crippen molar-refractivity contribution in [1.82, 2.24) is 15.3 Å². The van der Waals surface area contributed by atoms with Crippen molar-refractivity contribution in [3.05, 3.63) is 46.7 Å². The SMILES string of the molecule is NC(=O)CC(NC(=O)C1(N)CCN(c2ncnc3c2CCN3)CC1)c1ccc(Cl)cc1. The van der Waals surface area contributed by atoms with Gasteiger partial charge in [0, 0.05) is 30.2 Å². The molecule has 10 heteroatoms. The Morgan fingerprint density at radius 3 is 2.61 bits per heavy atom. The van der Waals surface area contributed by atoms with Crippen molar-refractivity contribution < 1.29 is 9.59 Å². The number of anilines is 2. The first-order valence-corrected chi connectivity index (χ1v) is 10.7. The van der Waals surface area contributed by atoms with E-state index in [9.17, 15) is 9.59 Å². The molecule has 2 aromatic rings. The Labute approximate surface area is 185 Å². The molecule has 3 heterocycles. The van der Waals surface area contributed by atoms with Gasteiger partial charge in [-0.2, -0.15) is 0 Å². The van der Waals surface area contributed by atoms with Crippen molar-refractivity contribution in [3.8, 4) is 0 Å². The van der Waals surface area contributed by atoms with Gasteiger partial charge in [0.1, 0.15) is 18.0 Å². The standard InChI is InChI=1S/C21H26ClN7O2/c22-14-3-1-13(2-4-14)16(11-17(23)30)28-20(31)21(24)6-9-29(10-7-21)19-15-5-8-25-18(15)26-12-27-19/h1-4,12,16H,5-11,24H2,(H2,23,30)(H,28,31)(H,25,26,27). The number of carbonyl (C=O) groups excluding carboxylic acids is 2. The number of nitrogens with one attached hydrogen (secondary N) is 2. The van der Waals surface area contributed by atoms with Crippen molar-refractivity contribution in [1.29, 1.82) is 0 Å². The summed E-state index contributed by atoms with van der Waals surface area (Å²) in [6.07, 6.45) is 3.36. The van der Waals surface area contributed by atoms with E-state index in [1.165, 1.54) is 0 Å². The van der Waals surface area contributed by atoms with Crippen molar-refractivity contribution in [2.75, 3.05) is 29.9 Å². The van der Waals surface area contributed by atoms with E-state index >= 15 is 0 Å². The van der Waals surface area contributed by atoms with Crippen LogP contribution in [0.2, 0.25) is 5.02 Å². The number of aromatic nitrogens is 2. The molecule has 4 rings (SSSR count). The summed E-state index contributed by atoms with van der Waals surface area (Å²) in [5, 5.41) is 6.76. The van der Waals surface area contributed by atoms with Crippen LogP contribution in [-0.4, -0.2) is 47.0 Å². The highest BCUT2D eigenvalue weighted by molar-refractivity contribution is 6.30. The predicted molar refractivity (Wildman–Crippen MR) is 119 cm³/mol. The molecule has 1 saturated heterocycles. The molecule has 1 unspecified atom stereocenters.